The minimum Gasteiger partial charge on any atom is -0.348 e. The molecule has 4 nitrogen and oxygen atoms in total. The number of anilines is 1. The van der Waals surface area contributed by atoms with Gasteiger partial charge in [0.1, 0.15) is 0 Å². The summed E-state index contributed by atoms with van der Waals surface area (Å²) in [4.78, 5) is 24.9. The summed E-state index contributed by atoms with van der Waals surface area (Å²) in [6, 6.07) is 7.63. The number of rotatable bonds is 5. The van der Waals surface area contributed by atoms with Crippen molar-refractivity contribution >= 4 is 29.3 Å². The lowest BCUT2D eigenvalue weighted by molar-refractivity contribution is -0.127. The Morgan fingerprint density at radius 1 is 1.26 bits per heavy atom. The molecule has 0 heterocycles. The van der Waals surface area contributed by atoms with E-state index >= 15 is 0 Å². The number of benzene rings is 1. The van der Waals surface area contributed by atoms with E-state index in [2.05, 4.69) is 5.32 Å². The normalized spacial score (nSPS) is 11.8. The van der Waals surface area contributed by atoms with Crippen LogP contribution in [0.15, 0.2) is 24.3 Å². The summed E-state index contributed by atoms with van der Waals surface area (Å²) in [5.41, 5.74) is 1.93. The molecule has 0 radical (unpaired) electrons. The van der Waals surface area contributed by atoms with E-state index in [4.69, 9.17) is 0 Å². The summed E-state index contributed by atoms with van der Waals surface area (Å²) in [5.74, 6) is 0.203. The summed E-state index contributed by atoms with van der Waals surface area (Å²) in [6.45, 7) is 3.81. The zero-order chi connectivity index (χ0) is 14.4. The number of hydrogen-bond donors (Lipinski definition) is 1. The molecule has 0 aromatic heterocycles. The Balaban J connectivity index is 2.40. The van der Waals surface area contributed by atoms with Crippen molar-refractivity contribution in [2.45, 2.75) is 19.1 Å². The van der Waals surface area contributed by atoms with E-state index in [9.17, 15) is 9.59 Å². The van der Waals surface area contributed by atoms with Crippen LogP contribution in [0.4, 0.5) is 5.69 Å². The number of thioether (sulfide) groups is 1. The fraction of sp³-hybridized carbons (Fsp3) is 0.429. The Bertz CT molecular complexity index is 443. The Morgan fingerprint density at radius 3 is 2.37 bits per heavy atom. The van der Waals surface area contributed by atoms with Crippen molar-refractivity contribution < 1.29 is 9.59 Å². The van der Waals surface area contributed by atoms with Crippen molar-refractivity contribution in [3.8, 4) is 0 Å². The van der Waals surface area contributed by atoms with E-state index in [1.165, 1.54) is 16.7 Å². The van der Waals surface area contributed by atoms with Gasteiger partial charge in [-0.3, -0.25) is 9.59 Å². The molecule has 1 aromatic carbocycles. The molecule has 0 bridgehead atoms. The quantitative estimate of drug-likeness (QED) is 0.899. The second-order valence-electron chi connectivity index (χ2n) is 4.60. The molecule has 0 saturated carbocycles. The summed E-state index contributed by atoms with van der Waals surface area (Å²) < 4.78 is 0. The molecule has 1 N–H and O–H groups in total. The molecule has 1 rings (SSSR count). The van der Waals surface area contributed by atoms with Crippen LogP contribution in [0.3, 0.4) is 0 Å². The molecule has 0 fully saturated rings. The molecule has 0 aliphatic rings. The van der Waals surface area contributed by atoms with Gasteiger partial charge >= 0.3 is 0 Å². The van der Waals surface area contributed by atoms with E-state index in [1.54, 1.807) is 14.1 Å². The lowest BCUT2D eigenvalue weighted by Crippen LogP contribution is -2.30. The maximum absolute atomic E-state index is 11.7. The van der Waals surface area contributed by atoms with E-state index in [1.807, 2.05) is 38.1 Å². The van der Waals surface area contributed by atoms with Gasteiger partial charge in [0.25, 0.3) is 0 Å². The van der Waals surface area contributed by atoms with Crippen LogP contribution >= 0.6 is 11.8 Å². The molecule has 19 heavy (non-hydrogen) atoms. The second-order valence-corrected chi connectivity index (χ2v) is 5.93. The molecule has 1 unspecified atom stereocenters. The van der Waals surface area contributed by atoms with Crippen molar-refractivity contribution in [3.63, 3.8) is 0 Å². The lowest BCUT2D eigenvalue weighted by Gasteiger charge is -2.16. The van der Waals surface area contributed by atoms with Gasteiger partial charge in [0, 0.05) is 19.8 Å². The van der Waals surface area contributed by atoms with Crippen LogP contribution in [-0.2, 0) is 9.59 Å². The molecule has 0 aliphatic carbocycles. The second kappa shape index (κ2) is 7.19. The Kier molecular flexibility index (Phi) is 5.89. The van der Waals surface area contributed by atoms with Crippen molar-refractivity contribution in [2.75, 3.05) is 25.2 Å². The highest BCUT2D eigenvalue weighted by Gasteiger charge is 2.16. The zero-order valence-electron chi connectivity index (χ0n) is 11.8. The maximum Gasteiger partial charge on any atom is 0.234 e. The fourth-order valence-corrected chi connectivity index (χ4v) is 2.30. The third-order valence-corrected chi connectivity index (χ3v) is 3.72. The first kappa shape index (κ1) is 15.6. The molecule has 5 heteroatoms. The third-order valence-electron chi connectivity index (χ3n) is 2.59. The van der Waals surface area contributed by atoms with Gasteiger partial charge < -0.3 is 10.2 Å². The molecular weight excluding hydrogens is 260 g/mol. The van der Waals surface area contributed by atoms with E-state index in [0.29, 0.717) is 0 Å². The summed E-state index contributed by atoms with van der Waals surface area (Å²) in [7, 11) is 3.43. The first-order valence-corrected chi connectivity index (χ1v) is 7.14. The first-order chi connectivity index (χ1) is 8.90. The predicted octanol–water partition coefficient (Wildman–Crippen LogP) is 2.14. The molecule has 104 valence electrons. The van der Waals surface area contributed by atoms with Gasteiger partial charge in [-0.2, -0.15) is 0 Å². The minimum atomic E-state index is -0.209. The lowest BCUT2D eigenvalue weighted by atomic mass is 10.2. The Morgan fingerprint density at radius 2 is 1.84 bits per heavy atom. The molecular formula is C14H20N2O2S. The maximum atomic E-state index is 11.7. The van der Waals surface area contributed by atoms with Crippen LogP contribution in [0.1, 0.15) is 12.5 Å². The van der Waals surface area contributed by atoms with Crippen LogP contribution in [-0.4, -0.2) is 41.8 Å². The molecule has 2 amide bonds. The summed E-state index contributed by atoms with van der Waals surface area (Å²) in [5, 5.41) is 2.60. The average Bonchev–Trinajstić information content (AvgIpc) is 2.37. The van der Waals surface area contributed by atoms with Crippen LogP contribution in [0.25, 0.3) is 0 Å². The highest BCUT2D eigenvalue weighted by atomic mass is 32.2. The number of nitrogens with zero attached hydrogens (tertiary/aromatic N) is 1. The number of aryl methyl sites for hydroxylation is 1. The Labute approximate surface area is 118 Å². The van der Waals surface area contributed by atoms with Gasteiger partial charge in [-0.1, -0.05) is 17.7 Å². The monoisotopic (exact) mass is 280 g/mol. The number of nitrogens with one attached hydrogen (secondary N) is 1. The highest BCUT2D eigenvalue weighted by Crippen LogP contribution is 2.14. The van der Waals surface area contributed by atoms with Gasteiger partial charge in [-0.05, 0) is 26.0 Å². The van der Waals surface area contributed by atoms with E-state index < -0.39 is 0 Å². The van der Waals surface area contributed by atoms with Crippen molar-refractivity contribution in [2.24, 2.45) is 0 Å². The third kappa shape index (κ3) is 5.34. The number of hydrogen-bond acceptors (Lipinski definition) is 3. The molecule has 0 saturated heterocycles. The minimum absolute atomic E-state index is 0.0214. The average molecular weight is 280 g/mol. The molecule has 0 spiro atoms. The standard InChI is InChI=1S/C14H20N2O2S/c1-10-5-7-12(8-6-10)15-13(17)9-19-11(2)14(18)16(3)4/h5-8,11H,9H2,1-4H3,(H,15,17). The van der Waals surface area contributed by atoms with Crippen LogP contribution in [0, 0.1) is 6.92 Å². The van der Waals surface area contributed by atoms with Crippen molar-refractivity contribution in [3.05, 3.63) is 29.8 Å². The molecule has 1 atom stereocenters. The predicted molar refractivity (Wildman–Crippen MR) is 80.4 cm³/mol. The number of carbonyl (C=O) groups excluding carboxylic acids is 2. The van der Waals surface area contributed by atoms with Crippen molar-refractivity contribution in [1.29, 1.82) is 0 Å². The van der Waals surface area contributed by atoms with Gasteiger partial charge in [0.15, 0.2) is 0 Å². The van der Waals surface area contributed by atoms with E-state index in [-0.39, 0.29) is 22.8 Å². The Hall–Kier alpha value is -1.49. The van der Waals surface area contributed by atoms with Gasteiger partial charge in [-0.15, -0.1) is 11.8 Å². The van der Waals surface area contributed by atoms with Gasteiger partial charge in [-0.25, -0.2) is 0 Å². The smallest absolute Gasteiger partial charge is 0.234 e. The first-order valence-electron chi connectivity index (χ1n) is 6.09. The molecule has 0 aliphatic heterocycles. The number of carbonyl (C=O) groups is 2. The van der Waals surface area contributed by atoms with Gasteiger partial charge in [0.2, 0.25) is 11.8 Å². The topological polar surface area (TPSA) is 49.4 Å². The fourth-order valence-electron chi connectivity index (χ4n) is 1.47. The summed E-state index contributed by atoms with van der Waals surface area (Å²) >= 11 is 1.34. The summed E-state index contributed by atoms with van der Waals surface area (Å²) in [6.07, 6.45) is 0. The zero-order valence-corrected chi connectivity index (χ0v) is 12.6. The number of amides is 2. The van der Waals surface area contributed by atoms with Crippen molar-refractivity contribution in [1.82, 2.24) is 4.90 Å². The molecule has 1 aromatic rings. The van der Waals surface area contributed by atoms with Crippen LogP contribution < -0.4 is 5.32 Å². The van der Waals surface area contributed by atoms with E-state index in [0.717, 1.165) is 11.3 Å². The highest BCUT2D eigenvalue weighted by molar-refractivity contribution is 8.01. The van der Waals surface area contributed by atoms with Crippen LogP contribution in [0.5, 0.6) is 0 Å². The largest absolute Gasteiger partial charge is 0.348 e. The SMILES string of the molecule is Cc1ccc(NC(=O)CSC(C)C(=O)N(C)C)cc1. The van der Waals surface area contributed by atoms with Crippen LogP contribution in [0.2, 0.25) is 0 Å². The van der Waals surface area contributed by atoms with Gasteiger partial charge in [0.05, 0.1) is 11.0 Å².